The van der Waals surface area contributed by atoms with Crippen LogP contribution in [0, 0.1) is 0 Å². The molecule has 19 heavy (non-hydrogen) atoms. The molecule has 4 heteroatoms. The molecular weight excluding hydrogens is 362 g/mol. The normalized spacial score (nSPS) is 14.9. The van der Waals surface area contributed by atoms with Gasteiger partial charge in [0.2, 0.25) is 0 Å². The van der Waals surface area contributed by atoms with Crippen LogP contribution in [0.2, 0.25) is 14.8 Å². The molecule has 1 N–H and O–H groups in total. The first-order chi connectivity index (χ1) is 8.83. The molecule has 0 aliphatic rings. The summed E-state index contributed by atoms with van der Waals surface area (Å²) in [6.07, 6.45) is 0. The zero-order valence-electron chi connectivity index (χ0n) is 11.5. The maximum absolute atomic E-state index is 12.9. The summed E-state index contributed by atoms with van der Waals surface area (Å²) in [4.78, 5) is 17.4. The first-order valence-corrected chi connectivity index (χ1v) is 18.0. The van der Waals surface area contributed by atoms with Crippen molar-refractivity contribution in [2.45, 2.75) is 14.8 Å². The number of hydrogen-bond donors (Lipinski definition) is 1. The van der Waals surface area contributed by atoms with E-state index >= 15 is 0 Å². The first kappa shape index (κ1) is 14.8. The van der Waals surface area contributed by atoms with E-state index in [1.165, 1.54) is 0 Å². The third kappa shape index (κ3) is 3.13. The zero-order valence-corrected chi connectivity index (χ0v) is 15.2. The Labute approximate surface area is 118 Å². The minimum atomic E-state index is -3.48. The van der Waals surface area contributed by atoms with Crippen molar-refractivity contribution in [3.8, 4) is 0 Å². The number of rotatable bonds is 3. The second-order valence-corrected chi connectivity index (χ2v) is 22.2. The van der Waals surface area contributed by atoms with Gasteiger partial charge < -0.3 is 0 Å². The van der Waals surface area contributed by atoms with E-state index in [4.69, 9.17) is 0 Å². The fraction of sp³-hybridized carbons (Fsp3) is 0.200. The standard InChI is InChI=1S/C12H10O2P.3CH3.Sn/c13-15(14,11-7-3-1-4-8-11)12-9-5-2-6-10-12;;;;/h1-9H,(H,13,14);3*1H3;. The van der Waals surface area contributed by atoms with E-state index in [1.54, 1.807) is 24.3 Å². The Morgan fingerprint density at radius 3 is 2.00 bits per heavy atom. The van der Waals surface area contributed by atoms with Crippen LogP contribution in [-0.2, 0) is 4.57 Å². The van der Waals surface area contributed by atoms with Gasteiger partial charge in [-0.3, -0.25) is 0 Å². The molecule has 0 fully saturated rings. The monoisotopic (exact) mass is 382 g/mol. The molecule has 0 aromatic heterocycles. The number of benzene rings is 2. The van der Waals surface area contributed by atoms with Gasteiger partial charge in [-0.15, -0.1) is 0 Å². The van der Waals surface area contributed by atoms with Crippen molar-refractivity contribution in [2.75, 3.05) is 0 Å². The third-order valence-electron chi connectivity index (χ3n) is 3.14. The zero-order chi connectivity index (χ0) is 14.1. The second-order valence-electron chi connectivity index (χ2n) is 5.68. The summed E-state index contributed by atoms with van der Waals surface area (Å²) in [7, 11) is -3.48. The van der Waals surface area contributed by atoms with Crippen molar-refractivity contribution in [1.82, 2.24) is 0 Å². The molecule has 2 rings (SSSR count). The van der Waals surface area contributed by atoms with Gasteiger partial charge in [-0.2, -0.15) is 0 Å². The van der Waals surface area contributed by atoms with Crippen molar-refractivity contribution >= 4 is 39.9 Å². The summed E-state index contributed by atoms with van der Waals surface area (Å²) >= 11 is -2.42. The van der Waals surface area contributed by atoms with Crippen molar-refractivity contribution < 1.29 is 9.46 Å². The van der Waals surface area contributed by atoms with E-state index in [0.717, 1.165) is 3.58 Å². The van der Waals surface area contributed by atoms with Crippen molar-refractivity contribution in [2.24, 2.45) is 0 Å². The predicted octanol–water partition coefficient (Wildman–Crippen LogP) is 2.45. The van der Waals surface area contributed by atoms with Gasteiger partial charge in [0.25, 0.3) is 0 Å². The van der Waals surface area contributed by atoms with Gasteiger partial charge in [-0.1, -0.05) is 0 Å². The molecule has 2 aromatic carbocycles. The van der Waals surface area contributed by atoms with Gasteiger partial charge in [0.1, 0.15) is 0 Å². The quantitative estimate of drug-likeness (QED) is 0.656. The van der Waals surface area contributed by atoms with Crippen LogP contribution in [0.5, 0.6) is 0 Å². The number of hydrogen-bond acceptors (Lipinski definition) is 1. The molecule has 1 atom stereocenters. The fourth-order valence-electron chi connectivity index (χ4n) is 2.14. The first-order valence-electron chi connectivity index (χ1n) is 6.32. The van der Waals surface area contributed by atoms with Crippen LogP contribution in [0.15, 0.2) is 54.6 Å². The second kappa shape index (κ2) is 5.43. The molecule has 0 aliphatic heterocycles. The summed E-state index contributed by atoms with van der Waals surface area (Å²) in [5.41, 5.74) is 0. The molecule has 0 radical (unpaired) electrons. The van der Waals surface area contributed by atoms with Crippen molar-refractivity contribution in [3.05, 3.63) is 54.6 Å². The van der Waals surface area contributed by atoms with Crippen LogP contribution in [0.25, 0.3) is 0 Å². The molecular formula is C15H19O2PSn. The molecule has 100 valence electrons. The molecule has 0 saturated heterocycles. The van der Waals surface area contributed by atoms with Gasteiger partial charge in [0.05, 0.1) is 0 Å². The Hall–Kier alpha value is -0.571. The Morgan fingerprint density at radius 1 is 0.895 bits per heavy atom. The maximum atomic E-state index is 12.9. The summed E-state index contributed by atoms with van der Waals surface area (Å²) < 4.78 is 14.0. The van der Waals surface area contributed by atoms with E-state index in [2.05, 4.69) is 14.8 Å². The van der Waals surface area contributed by atoms with Crippen LogP contribution >= 0.6 is 7.37 Å². The summed E-state index contributed by atoms with van der Waals surface area (Å²) in [5, 5.41) is 1.14. The summed E-state index contributed by atoms with van der Waals surface area (Å²) in [6, 6.07) is 16.6. The van der Waals surface area contributed by atoms with Crippen LogP contribution in [0.1, 0.15) is 0 Å². The topological polar surface area (TPSA) is 37.3 Å². The fourth-order valence-corrected chi connectivity index (χ4v) is 11.4. The molecule has 0 amide bonds. The molecule has 2 nitrogen and oxygen atoms in total. The Kier molecular flexibility index (Phi) is 4.24. The van der Waals surface area contributed by atoms with Gasteiger partial charge >= 0.3 is 119 Å². The van der Waals surface area contributed by atoms with Gasteiger partial charge in [0.15, 0.2) is 0 Å². The summed E-state index contributed by atoms with van der Waals surface area (Å²) in [5.74, 6) is 0. The molecule has 1 unspecified atom stereocenters. The van der Waals surface area contributed by atoms with E-state index in [1.807, 2.05) is 30.3 Å². The van der Waals surface area contributed by atoms with Crippen LogP contribution < -0.4 is 14.2 Å². The molecule has 0 saturated carbocycles. The Bertz CT molecular complexity index is 618. The average molecular weight is 381 g/mol. The van der Waals surface area contributed by atoms with E-state index in [-0.39, 0.29) is 0 Å². The van der Waals surface area contributed by atoms with Crippen molar-refractivity contribution in [3.63, 3.8) is 0 Å². The molecule has 0 spiro atoms. The van der Waals surface area contributed by atoms with E-state index in [0.29, 0.717) is 10.6 Å². The molecule has 0 bridgehead atoms. The molecule has 0 heterocycles. The van der Waals surface area contributed by atoms with Gasteiger partial charge in [0, 0.05) is 0 Å². The predicted molar refractivity (Wildman–Crippen MR) is 85.0 cm³/mol. The van der Waals surface area contributed by atoms with E-state index < -0.39 is 25.7 Å². The SMILES string of the molecule is [CH3][Sn]([CH3])([CH3])[c]1ccccc1P(=O)(O)c1ccccc1. The van der Waals surface area contributed by atoms with Crippen LogP contribution in [0.4, 0.5) is 0 Å². The third-order valence-corrected chi connectivity index (χ3v) is 11.6. The average Bonchev–Trinajstić information content (AvgIpc) is 2.39. The Balaban J connectivity index is 2.63. The van der Waals surface area contributed by atoms with E-state index in [9.17, 15) is 9.46 Å². The van der Waals surface area contributed by atoms with Crippen LogP contribution in [-0.4, -0.2) is 23.3 Å². The molecule has 0 aliphatic carbocycles. The van der Waals surface area contributed by atoms with Gasteiger partial charge in [-0.05, 0) is 0 Å². The Morgan fingerprint density at radius 2 is 1.42 bits per heavy atom. The molecule has 2 aromatic rings. The summed E-state index contributed by atoms with van der Waals surface area (Å²) in [6.45, 7) is 0. The van der Waals surface area contributed by atoms with Gasteiger partial charge in [-0.25, -0.2) is 0 Å². The van der Waals surface area contributed by atoms with Crippen LogP contribution in [0.3, 0.4) is 0 Å². The van der Waals surface area contributed by atoms with Crippen molar-refractivity contribution in [1.29, 1.82) is 0 Å². The minimum absolute atomic E-state index is 0.512.